The first kappa shape index (κ1) is 15.7. The molecule has 3 rings (SSSR count). The van der Waals surface area contributed by atoms with Crippen molar-refractivity contribution in [1.82, 2.24) is 0 Å². The Morgan fingerprint density at radius 3 is 2.23 bits per heavy atom. The van der Waals surface area contributed by atoms with Crippen LogP contribution >= 0.6 is 0 Å². The van der Waals surface area contributed by atoms with Crippen molar-refractivity contribution in [2.45, 2.75) is 51.9 Å². The third kappa shape index (κ3) is 2.41. The van der Waals surface area contributed by atoms with Crippen LogP contribution in [0.3, 0.4) is 0 Å². The Kier molecular flexibility index (Phi) is 3.71. The highest BCUT2D eigenvalue weighted by atomic mass is 16.7. The molecule has 1 saturated heterocycles. The maximum atomic E-state index is 11.5. The molecule has 2 aliphatic rings. The fraction of sp³-hybridized carbons (Fsp3) is 0.579. The van der Waals surface area contributed by atoms with Crippen LogP contribution in [0.2, 0.25) is 0 Å². The predicted molar refractivity (Wildman–Crippen MR) is 86.4 cm³/mol. The van der Waals surface area contributed by atoms with E-state index in [1.165, 1.54) is 0 Å². The Bertz CT molecular complexity index is 591. The van der Waals surface area contributed by atoms with Crippen molar-refractivity contribution in [3.05, 3.63) is 47.0 Å². The average molecular weight is 302 g/mol. The van der Waals surface area contributed by atoms with Gasteiger partial charge in [-0.2, -0.15) is 0 Å². The second kappa shape index (κ2) is 5.19. The predicted octanol–water partition coefficient (Wildman–Crippen LogP) is 3.86. The summed E-state index contributed by atoms with van der Waals surface area (Å²) in [6.45, 7) is 9.58. The molecule has 0 bridgehead atoms. The largest absolute Gasteiger partial charge is 0.381 e. The first-order chi connectivity index (χ1) is 10.3. The molecule has 1 aliphatic heterocycles. The van der Waals surface area contributed by atoms with Gasteiger partial charge in [0.05, 0.1) is 13.2 Å². The van der Waals surface area contributed by atoms with Crippen LogP contribution in [0.5, 0.6) is 0 Å². The van der Waals surface area contributed by atoms with E-state index in [4.69, 9.17) is 9.47 Å². The summed E-state index contributed by atoms with van der Waals surface area (Å²) in [6, 6.07) is 7.98. The van der Waals surface area contributed by atoms with Gasteiger partial charge in [-0.05, 0) is 36.3 Å². The van der Waals surface area contributed by atoms with E-state index in [1.54, 1.807) is 0 Å². The van der Waals surface area contributed by atoms with Gasteiger partial charge in [0.1, 0.15) is 5.60 Å². The highest BCUT2D eigenvalue weighted by Crippen LogP contribution is 2.50. The third-order valence-electron chi connectivity index (χ3n) is 4.81. The zero-order valence-electron chi connectivity index (χ0n) is 14.0. The summed E-state index contributed by atoms with van der Waals surface area (Å²) in [5.41, 5.74) is 1.93. The van der Waals surface area contributed by atoms with E-state index in [-0.39, 0.29) is 5.41 Å². The van der Waals surface area contributed by atoms with Gasteiger partial charge in [0, 0.05) is 5.56 Å². The molecule has 0 amide bonds. The van der Waals surface area contributed by atoms with E-state index >= 15 is 0 Å². The molecule has 1 unspecified atom stereocenters. The Morgan fingerprint density at radius 2 is 1.64 bits per heavy atom. The van der Waals surface area contributed by atoms with Crippen LogP contribution in [0, 0.1) is 5.41 Å². The standard InChI is InChI=1S/C19H26O3/c1-17(2,3)16-10-7-11-19(16,20)15-9-6-5-8-14(15)18(4)21-12-13-22-18/h5-6,8-10,20H,7,11-13H2,1-4H3. The molecular weight excluding hydrogens is 276 g/mol. The topological polar surface area (TPSA) is 38.7 Å². The molecule has 1 aromatic carbocycles. The van der Waals surface area contributed by atoms with Crippen molar-refractivity contribution in [3.8, 4) is 0 Å². The molecule has 1 atom stereocenters. The lowest BCUT2D eigenvalue weighted by Crippen LogP contribution is -2.36. The van der Waals surface area contributed by atoms with E-state index in [1.807, 2.05) is 31.2 Å². The highest BCUT2D eigenvalue weighted by molar-refractivity contribution is 5.44. The van der Waals surface area contributed by atoms with Gasteiger partial charge >= 0.3 is 0 Å². The van der Waals surface area contributed by atoms with E-state index in [0.717, 1.165) is 23.1 Å². The van der Waals surface area contributed by atoms with Crippen molar-refractivity contribution < 1.29 is 14.6 Å². The fourth-order valence-corrected chi connectivity index (χ4v) is 3.85. The summed E-state index contributed by atoms with van der Waals surface area (Å²) >= 11 is 0. The Morgan fingerprint density at radius 1 is 1.05 bits per heavy atom. The van der Waals surface area contributed by atoms with Crippen LogP contribution in [0.4, 0.5) is 0 Å². The minimum absolute atomic E-state index is 0.0728. The van der Waals surface area contributed by atoms with E-state index in [0.29, 0.717) is 19.6 Å². The summed E-state index contributed by atoms with van der Waals surface area (Å²) < 4.78 is 11.7. The van der Waals surface area contributed by atoms with E-state index in [9.17, 15) is 5.11 Å². The van der Waals surface area contributed by atoms with Crippen LogP contribution in [0.1, 0.15) is 51.7 Å². The SMILES string of the molecule is CC(C)(C)C1=CCCC1(O)c1ccccc1C1(C)OCCO1. The third-order valence-corrected chi connectivity index (χ3v) is 4.81. The highest BCUT2D eigenvalue weighted by Gasteiger charge is 2.46. The van der Waals surface area contributed by atoms with Crippen LogP contribution in [-0.2, 0) is 20.9 Å². The van der Waals surface area contributed by atoms with Crippen LogP contribution < -0.4 is 0 Å². The molecule has 3 nitrogen and oxygen atoms in total. The van der Waals surface area contributed by atoms with Gasteiger partial charge in [-0.15, -0.1) is 0 Å². The zero-order chi connectivity index (χ0) is 16.0. The summed E-state index contributed by atoms with van der Waals surface area (Å²) in [6.07, 6.45) is 3.80. The van der Waals surface area contributed by atoms with Crippen molar-refractivity contribution in [3.63, 3.8) is 0 Å². The minimum atomic E-state index is -0.937. The van der Waals surface area contributed by atoms with Crippen LogP contribution in [0.15, 0.2) is 35.9 Å². The number of benzene rings is 1. The van der Waals surface area contributed by atoms with Crippen LogP contribution in [-0.4, -0.2) is 18.3 Å². The summed E-state index contributed by atoms with van der Waals surface area (Å²) in [5, 5.41) is 11.5. The van der Waals surface area contributed by atoms with Gasteiger partial charge in [-0.1, -0.05) is 51.1 Å². The molecule has 0 saturated carbocycles. The first-order valence-electron chi connectivity index (χ1n) is 8.09. The van der Waals surface area contributed by atoms with Gasteiger partial charge in [0.2, 0.25) is 0 Å². The van der Waals surface area contributed by atoms with Crippen molar-refractivity contribution >= 4 is 0 Å². The second-order valence-electron chi connectivity index (χ2n) is 7.45. The molecule has 1 fully saturated rings. The molecule has 1 N–H and O–H groups in total. The zero-order valence-corrected chi connectivity index (χ0v) is 14.0. The lowest BCUT2D eigenvalue weighted by molar-refractivity contribution is -0.152. The second-order valence-corrected chi connectivity index (χ2v) is 7.45. The molecule has 3 heteroatoms. The maximum Gasteiger partial charge on any atom is 0.192 e. The minimum Gasteiger partial charge on any atom is -0.381 e. The smallest absolute Gasteiger partial charge is 0.192 e. The number of aliphatic hydroxyl groups is 1. The molecule has 1 heterocycles. The summed E-state index contributed by atoms with van der Waals surface area (Å²) in [4.78, 5) is 0. The van der Waals surface area contributed by atoms with Gasteiger partial charge in [-0.3, -0.25) is 0 Å². The van der Waals surface area contributed by atoms with Gasteiger partial charge in [-0.25, -0.2) is 0 Å². The number of hydrogen-bond acceptors (Lipinski definition) is 3. The first-order valence-corrected chi connectivity index (χ1v) is 8.09. The molecule has 22 heavy (non-hydrogen) atoms. The number of hydrogen-bond donors (Lipinski definition) is 1. The quantitative estimate of drug-likeness (QED) is 0.843. The number of rotatable bonds is 2. The average Bonchev–Trinajstić information content (AvgIpc) is 3.06. The summed E-state index contributed by atoms with van der Waals surface area (Å²) in [7, 11) is 0. The molecule has 1 aliphatic carbocycles. The Balaban J connectivity index is 2.11. The summed E-state index contributed by atoms with van der Waals surface area (Å²) in [5.74, 6) is -0.766. The van der Waals surface area contributed by atoms with Crippen molar-refractivity contribution in [2.24, 2.45) is 5.41 Å². The molecule has 0 aromatic heterocycles. The van der Waals surface area contributed by atoms with E-state index < -0.39 is 11.4 Å². The lowest BCUT2D eigenvalue weighted by atomic mass is 9.73. The Labute approximate surface area is 132 Å². The maximum absolute atomic E-state index is 11.5. The van der Waals surface area contributed by atoms with E-state index in [2.05, 4.69) is 26.8 Å². The monoisotopic (exact) mass is 302 g/mol. The number of allylic oxidation sites excluding steroid dienone is 1. The molecule has 120 valence electrons. The molecule has 1 aromatic rings. The van der Waals surface area contributed by atoms with Crippen LogP contribution in [0.25, 0.3) is 0 Å². The number of ether oxygens (including phenoxy) is 2. The molecule has 0 spiro atoms. The van der Waals surface area contributed by atoms with Gasteiger partial charge in [0.25, 0.3) is 0 Å². The van der Waals surface area contributed by atoms with Crippen molar-refractivity contribution in [2.75, 3.05) is 13.2 Å². The molecule has 0 radical (unpaired) electrons. The van der Waals surface area contributed by atoms with Gasteiger partial charge in [0.15, 0.2) is 5.79 Å². The van der Waals surface area contributed by atoms with Gasteiger partial charge < -0.3 is 14.6 Å². The lowest BCUT2D eigenvalue weighted by Gasteiger charge is -2.38. The Hall–Kier alpha value is -1.16. The van der Waals surface area contributed by atoms with Crippen molar-refractivity contribution in [1.29, 1.82) is 0 Å². The normalized spacial score (nSPS) is 28.0. The molecular formula is C19H26O3. The fourth-order valence-electron chi connectivity index (χ4n) is 3.85.